The monoisotopic (exact) mass is 254 g/mol. The van der Waals surface area contributed by atoms with Gasteiger partial charge in [0.2, 0.25) is 0 Å². The molecule has 1 heterocycles. The molecule has 2 heteroatoms. The third-order valence-electron chi connectivity index (χ3n) is 4.48. The number of hydrogen-bond donors (Lipinski definition) is 0. The fourth-order valence-corrected chi connectivity index (χ4v) is 4.83. The minimum absolute atomic E-state index is 0.360. The molecule has 3 rings (SSSR count). The van der Waals surface area contributed by atoms with E-state index in [4.69, 9.17) is 11.6 Å². The first-order valence-corrected chi connectivity index (χ1v) is 7.84. The Bertz CT molecular complexity index is 333. The molecule has 0 N–H and O–H groups in total. The third-order valence-corrected chi connectivity index (χ3v) is 5.54. The highest BCUT2D eigenvalue weighted by molar-refractivity contribution is 7.07. The van der Waals surface area contributed by atoms with Gasteiger partial charge in [-0.25, -0.2) is 0 Å². The minimum atomic E-state index is 0.360. The topological polar surface area (TPSA) is 0 Å². The molecular formula is C14H19ClS. The molecule has 2 aliphatic rings. The molecule has 2 aliphatic carbocycles. The van der Waals surface area contributed by atoms with Crippen molar-refractivity contribution in [1.82, 2.24) is 0 Å². The molecule has 0 amide bonds. The summed E-state index contributed by atoms with van der Waals surface area (Å²) in [7, 11) is 0. The van der Waals surface area contributed by atoms with Crippen molar-refractivity contribution in [3.8, 4) is 0 Å². The Hall–Kier alpha value is -0.0100. The van der Waals surface area contributed by atoms with Crippen molar-refractivity contribution in [3.63, 3.8) is 0 Å². The lowest BCUT2D eigenvalue weighted by Gasteiger charge is -2.23. The van der Waals surface area contributed by atoms with E-state index in [0.29, 0.717) is 5.38 Å². The molecule has 0 aromatic carbocycles. The third kappa shape index (κ3) is 2.31. The second kappa shape index (κ2) is 4.70. The number of thiophene rings is 1. The Morgan fingerprint density at radius 1 is 1.38 bits per heavy atom. The van der Waals surface area contributed by atoms with E-state index in [-0.39, 0.29) is 0 Å². The second-order valence-corrected chi connectivity index (χ2v) is 7.00. The Morgan fingerprint density at radius 3 is 2.94 bits per heavy atom. The van der Waals surface area contributed by atoms with Crippen molar-refractivity contribution >= 4 is 22.9 Å². The highest BCUT2D eigenvalue weighted by atomic mass is 35.5. The fourth-order valence-electron chi connectivity index (χ4n) is 3.74. The standard InChI is InChI=1S/C14H19ClS/c15-14(7-11-3-4-16-9-11)8-13-6-10-1-2-12(13)5-10/h3-4,9-10,12-14H,1-2,5-8H2. The van der Waals surface area contributed by atoms with Crippen LogP contribution in [0.5, 0.6) is 0 Å². The van der Waals surface area contributed by atoms with Gasteiger partial charge in [-0.1, -0.05) is 6.42 Å². The van der Waals surface area contributed by atoms with Crippen LogP contribution in [0.25, 0.3) is 0 Å². The van der Waals surface area contributed by atoms with Gasteiger partial charge in [-0.2, -0.15) is 11.3 Å². The molecule has 2 fully saturated rings. The van der Waals surface area contributed by atoms with Gasteiger partial charge in [0.1, 0.15) is 0 Å². The highest BCUT2D eigenvalue weighted by Gasteiger charge is 2.39. The molecule has 1 aromatic rings. The van der Waals surface area contributed by atoms with Crippen LogP contribution in [0, 0.1) is 17.8 Å². The van der Waals surface area contributed by atoms with Gasteiger partial charge in [-0.05, 0) is 72.2 Å². The molecule has 88 valence electrons. The lowest BCUT2D eigenvalue weighted by atomic mass is 9.85. The van der Waals surface area contributed by atoms with Crippen LogP contribution in [0.4, 0.5) is 0 Å². The molecular weight excluding hydrogens is 236 g/mol. The van der Waals surface area contributed by atoms with E-state index in [1.54, 1.807) is 11.3 Å². The fraction of sp³-hybridized carbons (Fsp3) is 0.714. The molecule has 2 saturated carbocycles. The normalized spacial score (nSPS) is 34.4. The van der Waals surface area contributed by atoms with Crippen LogP contribution < -0.4 is 0 Å². The summed E-state index contributed by atoms with van der Waals surface area (Å²) >= 11 is 8.27. The maximum absolute atomic E-state index is 6.49. The van der Waals surface area contributed by atoms with Gasteiger partial charge in [0.15, 0.2) is 0 Å². The SMILES string of the molecule is ClC(Cc1ccsc1)CC1CC2CCC1C2. The summed E-state index contributed by atoms with van der Waals surface area (Å²) < 4.78 is 0. The zero-order chi connectivity index (χ0) is 11.0. The molecule has 16 heavy (non-hydrogen) atoms. The molecule has 2 bridgehead atoms. The summed E-state index contributed by atoms with van der Waals surface area (Å²) in [5, 5.41) is 4.74. The summed E-state index contributed by atoms with van der Waals surface area (Å²) in [5.74, 6) is 3.02. The maximum Gasteiger partial charge on any atom is 0.0379 e. The van der Waals surface area contributed by atoms with E-state index in [9.17, 15) is 0 Å². The van der Waals surface area contributed by atoms with Crippen molar-refractivity contribution < 1.29 is 0 Å². The Labute approximate surface area is 107 Å². The minimum Gasteiger partial charge on any atom is -0.152 e. The summed E-state index contributed by atoms with van der Waals surface area (Å²) in [6.07, 6.45) is 8.28. The molecule has 0 aliphatic heterocycles. The summed E-state index contributed by atoms with van der Waals surface area (Å²) in [6, 6.07) is 2.21. The second-order valence-electron chi connectivity index (χ2n) is 5.60. The molecule has 0 saturated heterocycles. The van der Waals surface area contributed by atoms with E-state index in [2.05, 4.69) is 16.8 Å². The number of fused-ring (bicyclic) bond motifs is 2. The number of hydrogen-bond acceptors (Lipinski definition) is 1. The van der Waals surface area contributed by atoms with Crippen molar-refractivity contribution in [2.45, 2.75) is 43.9 Å². The number of halogens is 1. The van der Waals surface area contributed by atoms with Gasteiger partial charge in [0, 0.05) is 5.38 Å². The van der Waals surface area contributed by atoms with Gasteiger partial charge in [-0.15, -0.1) is 11.6 Å². The molecule has 0 spiro atoms. The van der Waals surface area contributed by atoms with Crippen molar-refractivity contribution in [3.05, 3.63) is 22.4 Å². The van der Waals surface area contributed by atoms with Gasteiger partial charge >= 0.3 is 0 Å². The van der Waals surface area contributed by atoms with Crippen LogP contribution in [-0.4, -0.2) is 5.38 Å². The number of alkyl halides is 1. The largest absolute Gasteiger partial charge is 0.152 e. The van der Waals surface area contributed by atoms with E-state index < -0.39 is 0 Å². The average Bonchev–Trinajstić information content (AvgIpc) is 2.92. The molecule has 0 radical (unpaired) electrons. The smallest absolute Gasteiger partial charge is 0.0379 e. The van der Waals surface area contributed by atoms with Gasteiger partial charge < -0.3 is 0 Å². The van der Waals surface area contributed by atoms with Crippen LogP contribution in [0.2, 0.25) is 0 Å². The van der Waals surface area contributed by atoms with Crippen LogP contribution in [0.15, 0.2) is 16.8 Å². The molecule has 1 aromatic heterocycles. The first kappa shape index (κ1) is 11.1. The predicted molar refractivity (Wildman–Crippen MR) is 71.2 cm³/mol. The van der Waals surface area contributed by atoms with Crippen molar-refractivity contribution in [1.29, 1.82) is 0 Å². The molecule has 0 nitrogen and oxygen atoms in total. The summed E-state index contributed by atoms with van der Waals surface area (Å²) in [4.78, 5) is 0. The van der Waals surface area contributed by atoms with Crippen LogP contribution in [0.1, 0.15) is 37.7 Å². The van der Waals surface area contributed by atoms with E-state index in [1.165, 1.54) is 37.7 Å². The zero-order valence-corrected chi connectivity index (χ0v) is 11.1. The predicted octanol–water partition coefficient (Wildman–Crippen LogP) is 4.72. The summed E-state index contributed by atoms with van der Waals surface area (Å²) in [5.41, 5.74) is 1.42. The Kier molecular flexibility index (Phi) is 3.26. The van der Waals surface area contributed by atoms with Crippen molar-refractivity contribution in [2.75, 3.05) is 0 Å². The van der Waals surface area contributed by atoms with Crippen LogP contribution >= 0.6 is 22.9 Å². The maximum atomic E-state index is 6.49. The highest BCUT2D eigenvalue weighted by Crippen LogP contribution is 2.50. The van der Waals surface area contributed by atoms with Gasteiger partial charge in [-0.3, -0.25) is 0 Å². The van der Waals surface area contributed by atoms with Crippen LogP contribution in [0.3, 0.4) is 0 Å². The van der Waals surface area contributed by atoms with E-state index in [0.717, 1.165) is 24.2 Å². The van der Waals surface area contributed by atoms with Gasteiger partial charge in [0.05, 0.1) is 0 Å². The summed E-state index contributed by atoms with van der Waals surface area (Å²) in [6.45, 7) is 0. The quantitative estimate of drug-likeness (QED) is 0.682. The van der Waals surface area contributed by atoms with Crippen LogP contribution in [-0.2, 0) is 6.42 Å². The van der Waals surface area contributed by atoms with Gasteiger partial charge in [0.25, 0.3) is 0 Å². The molecule has 4 atom stereocenters. The molecule has 4 unspecified atom stereocenters. The Morgan fingerprint density at radius 2 is 2.31 bits per heavy atom. The first-order valence-electron chi connectivity index (χ1n) is 6.46. The van der Waals surface area contributed by atoms with E-state index >= 15 is 0 Å². The zero-order valence-electron chi connectivity index (χ0n) is 9.57. The lowest BCUT2D eigenvalue weighted by Crippen LogP contribution is -2.16. The average molecular weight is 255 g/mol. The number of rotatable bonds is 4. The first-order chi connectivity index (χ1) is 7.81. The lowest BCUT2D eigenvalue weighted by molar-refractivity contribution is 0.310. The van der Waals surface area contributed by atoms with Crippen molar-refractivity contribution in [2.24, 2.45) is 17.8 Å². The Balaban J connectivity index is 1.51. The van der Waals surface area contributed by atoms with E-state index in [1.807, 2.05) is 0 Å².